The maximum atomic E-state index is 11.3. The van der Waals surface area contributed by atoms with Crippen molar-refractivity contribution < 1.29 is 9.53 Å². The molecule has 0 fully saturated rings. The number of carbonyl (C=O) groups excluding carboxylic acids is 1. The molecule has 0 saturated carbocycles. The number of hydrogen-bond acceptors (Lipinski definition) is 4. The van der Waals surface area contributed by atoms with Gasteiger partial charge in [0.1, 0.15) is 0 Å². The van der Waals surface area contributed by atoms with Crippen LogP contribution in [0.4, 0.5) is 5.69 Å². The highest BCUT2D eigenvalue weighted by molar-refractivity contribution is 5.95. The Kier molecular flexibility index (Phi) is 3.06. The summed E-state index contributed by atoms with van der Waals surface area (Å²) in [5.41, 5.74) is 7.32. The van der Waals surface area contributed by atoms with Crippen LogP contribution < -0.4 is 5.73 Å². The lowest BCUT2D eigenvalue weighted by Crippen LogP contribution is -2.09. The number of ether oxygens (including phenoxy) is 1. The molecular weight excluding hydrogens is 180 g/mol. The van der Waals surface area contributed by atoms with Gasteiger partial charge in [-0.1, -0.05) is 13.8 Å². The summed E-state index contributed by atoms with van der Waals surface area (Å²) in [5, 5.41) is 0. The SMILES string of the molecule is COC(=O)c1ccnc(C(C)C)c1N. The molecule has 1 heterocycles. The zero-order valence-electron chi connectivity index (χ0n) is 8.57. The lowest BCUT2D eigenvalue weighted by atomic mass is 10.0. The molecule has 1 rings (SSSR count). The van der Waals surface area contributed by atoms with Crippen molar-refractivity contribution in [3.8, 4) is 0 Å². The molecule has 0 aromatic carbocycles. The average Bonchev–Trinajstić information content (AvgIpc) is 2.16. The number of nitrogens with two attached hydrogens (primary N) is 1. The van der Waals surface area contributed by atoms with Gasteiger partial charge in [-0.05, 0) is 12.0 Å². The summed E-state index contributed by atoms with van der Waals surface area (Å²) in [6.45, 7) is 3.94. The van der Waals surface area contributed by atoms with E-state index in [0.29, 0.717) is 11.3 Å². The fourth-order valence-corrected chi connectivity index (χ4v) is 1.24. The van der Waals surface area contributed by atoms with Crippen LogP contribution in [-0.4, -0.2) is 18.1 Å². The third-order valence-electron chi connectivity index (χ3n) is 1.97. The molecule has 4 heteroatoms. The van der Waals surface area contributed by atoms with Crippen LogP contribution in [0, 0.1) is 0 Å². The molecule has 0 bridgehead atoms. The van der Waals surface area contributed by atoms with E-state index in [1.165, 1.54) is 7.11 Å². The molecule has 0 aliphatic heterocycles. The highest BCUT2D eigenvalue weighted by Gasteiger charge is 2.15. The fourth-order valence-electron chi connectivity index (χ4n) is 1.24. The first-order valence-corrected chi connectivity index (χ1v) is 4.40. The summed E-state index contributed by atoms with van der Waals surface area (Å²) >= 11 is 0. The van der Waals surface area contributed by atoms with Gasteiger partial charge in [-0.2, -0.15) is 0 Å². The number of carbonyl (C=O) groups is 1. The number of rotatable bonds is 2. The van der Waals surface area contributed by atoms with Crippen molar-refractivity contribution in [2.45, 2.75) is 19.8 Å². The summed E-state index contributed by atoms with van der Waals surface area (Å²) in [7, 11) is 1.33. The van der Waals surface area contributed by atoms with Crippen LogP contribution >= 0.6 is 0 Å². The number of nitrogens with zero attached hydrogens (tertiary/aromatic N) is 1. The van der Waals surface area contributed by atoms with Crippen LogP contribution in [-0.2, 0) is 4.74 Å². The van der Waals surface area contributed by atoms with Crippen molar-refractivity contribution in [3.05, 3.63) is 23.5 Å². The molecule has 4 nitrogen and oxygen atoms in total. The number of aromatic nitrogens is 1. The van der Waals surface area contributed by atoms with Crippen LogP contribution in [0.2, 0.25) is 0 Å². The molecule has 76 valence electrons. The molecule has 0 saturated heterocycles. The molecule has 0 atom stereocenters. The molecule has 14 heavy (non-hydrogen) atoms. The van der Waals surface area contributed by atoms with Crippen LogP contribution in [0.3, 0.4) is 0 Å². The van der Waals surface area contributed by atoms with Gasteiger partial charge in [0.15, 0.2) is 0 Å². The zero-order chi connectivity index (χ0) is 10.7. The monoisotopic (exact) mass is 194 g/mol. The summed E-state index contributed by atoms with van der Waals surface area (Å²) in [4.78, 5) is 15.4. The minimum Gasteiger partial charge on any atom is -0.465 e. The second-order valence-corrected chi connectivity index (χ2v) is 3.30. The largest absolute Gasteiger partial charge is 0.465 e. The first-order valence-electron chi connectivity index (χ1n) is 4.40. The third-order valence-corrected chi connectivity index (χ3v) is 1.97. The molecule has 2 N–H and O–H groups in total. The Balaban J connectivity index is 3.20. The van der Waals surface area contributed by atoms with Crippen molar-refractivity contribution in [1.82, 2.24) is 4.98 Å². The van der Waals surface area contributed by atoms with Crippen molar-refractivity contribution in [1.29, 1.82) is 0 Å². The van der Waals surface area contributed by atoms with Crippen LogP contribution in [0.25, 0.3) is 0 Å². The Morgan fingerprint density at radius 2 is 2.21 bits per heavy atom. The minimum absolute atomic E-state index is 0.194. The molecule has 0 aliphatic rings. The van der Waals surface area contributed by atoms with Crippen molar-refractivity contribution >= 4 is 11.7 Å². The molecular formula is C10H14N2O2. The van der Waals surface area contributed by atoms with Gasteiger partial charge in [0.25, 0.3) is 0 Å². The number of nitrogen functional groups attached to an aromatic ring is 1. The van der Waals surface area contributed by atoms with Gasteiger partial charge in [-0.15, -0.1) is 0 Å². The lowest BCUT2D eigenvalue weighted by molar-refractivity contribution is 0.0601. The van der Waals surface area contributed by atoms with Crippen molar-refractivity contribution in [3.63, 3.8) is 0 Å². The summed E-state index contributed by atoms with van der Waals surface area (Å²) in [6, 6.07) is 1.56. The van der Waals surface area contributed by atoms with Gasteiger partial charge in [-0.3, -0.25) is 4.98 Å². The number of anilines is 1. The van der Waals surface area contributed by atoms with E-state index in [1.54, 1.807) is 12.3 Å². The van der Waals surface area contributed by atoms with E-state index in [-0.39, 0.29) is 5.92 Å². The van der Waals surface area contributed by atoms with E-state index >= 15 is 0 Å². The van der Waals surface area contributed by atoms with E-state index < -0.39 is 5.97 Å². The third kappa shape index (κ3) is 1.84. The predicted molar refractivity (Wildman–Crippen MR) is 54.1 cm³/mol. The molecule has 0 amide bonds. The maximum Gasteiger partial charge on any atom is 0.340 e. The van der Waals surface area contributed by atoms with Crippen molar-refractivity contribution in [2.24, 2.45) is 0 Å². The van der Waals surface area contributed by atoms with E-state index in [4.69, 9.17) is 5.73 Å². The van der Waals surface area contributed by atoms with Crippen LogP contribution in [0.5, 0.6) is 0 Å². The standard InChI is InChI=1S/C10H14N2O2/c1-6(2)9-8(11)7(4-5-12-9)10(13)14-3/h4-6H,11H2,1-3H3. The quantitative estimate of drug-likeness (QED) is 0.726. The normalized spacial score (nSPS) is 10.3. The Morgan fingerprint density at radius 1 is 1.57 bits per heavy atom. The summed E-state index contributed by atoms with van der Waals surface area (Å²) in [5.74, 6) is -0.230. The van der Waals surface area contributed by atoms with Crippen LogP contribution in [0.15, 0.2) is 12.3 Å². The predicted octanol–water partition coefficient (Wildman–Crippen LogP) is 1.57. The fraction of sp³-hybridized carbons (Fsp3) is 0.400. The topological polar surface area (TPSA) is 65.2 Å². The molecule has 0 unspecified atom stereocenters. The Bertz CT molecular complexity index is 348. The molecule has 0 aliphatic carbocycles. The number of methoxy groups -OCH3 is 1. The van der Waals surface area contributed by atoms with Gasteiger partial charge in [0, 0.05) is 6.20 Å². The highest BCUT2D eigenvalue weighted by Crippen LogP contribution is 2.22. The van der Waals surface area contributed by atoms with E-state index in [9.17, 15) is 4.79 Å². The Morgan fingerprint density at radius 3 is 2.71 bits per heavy atom. The minimum atomic E-state index is -0.424. The molecule has 1 aromatic heterocycles. The molecule has 0 radical (unpaired) electrons. The first kappa shape index (κ1) is 10.5. The Hall–Kier alpha value is -1.58. The average molecular weight is 194 g/mol. The van der Waals surface area contributed by atoms with Crippen molar-refractivity contribution in [2.75, 3.05) is 12.8 Å². The zero-order valence-corrected chi connectivity index (χ0v) is 8.57. The molecule has 0 spiro atoms. The summed E-state index contributed by atoms with van der Waals surface area (Å²) in [6.07, 6.45) is 1.57. The second-order valence-electron chi connectivity index (χ2n) is 3.30. The van der Waals surface area contributed by atoms with Gasteiger partial charge >= 0.3 is 5.97 Å². The first-order chi connectivity index (χ1) is 6.57. The van der Waals surface area contributed by atoms with Gasteiger partial charge in [0.2, 0.25) is 0 Å². The van der Waals surface area contributed by atoms with Gasteiger partial charge in [-0.25, -0.2) is 4.79 Å². The number of pyridine rings is 1. The van der Waals surface area contributed by atoms with E-state index in [0.717, 1.165) is 5.69 Å². The maximum absolute atomic E-state index is 11.3. The van der Waals surface area contributed by atoms with E-state index in [2.05, 4.69) is 9.72 Å². The number of hydrogen-bond donors (Lipinski definition) is 1. The lowest BCUT2D eigenvalue weighted by Gasteiger charge is -2.10. The Labute approximate surface area is 83.1 Å². The van der Waals surface area contributed by atoms with E-state index in [1.807, 2.05) is 13.8 Å². The van der Waals surface area contributed by atoms with Gasteiger partial charge < -0.3 is 10.5 Å². The smallest absolute Gasteiger partial charge is 0.340 e. The van der Waals surface area contributed by atoms with Gasteiger partial charge in [0.05, 0.1) is 24.1 Å². The van der Waals surface area contributed by atoms with Crippen LogP contribution in [0.1, 0.15) is 35.8 Å². The molecule has 1 aromatic rings. The number of esters is 1. The summed E-state index contributed by atoms with van der Waals surface area (Å²) < 4.78 is 4.61. The second kappa shape index (κ2) is 4.09. The highest BCUT2D eigenvalue weighted by atomic mass is 16.5.